The molecule has 2 heterocycles. The molecule has 0 fully saturated rings. The highest BCUT2D eigenvalue weighted by Crippen LogP contribution is 2.03. The molecule has 0 radical (unpaired) electrons. The Morgan fingerprint density at radius 3 is 3.06 bits per heavy atom. The lowest BCUT2D eigenvalue weighted by Crippen LogP contribution is -2.15. The van der Waals surface area contributed by atoms with E-state index >= 15 is 0 Å². The van der Waals surface area contributed by atoms with Crippen molar-refractivity contribution in [3.05, 3.63) is 48.3 Å². The zero-order valence-electron chi connectivity index (χ0n) is 9.43. The van der Waals surface area contributed by atoms with Crippen LogP contribution >= 0.6 is 0 Å². The number of pyridine rings is 1. The molecule has 0 bridgehead atoms. The first kappa shape index (κ1) is 10.8. The van der Waals surface area contributed by atoms with Gasteiger partial charge in [0.15, 0.2) is 0 Å². The van der Waals surface area contributed by atoms with Gasteiger partial charge in [-0.2, -0.15) is 0 Å². The van der Waals surface area contributed by atoms with Gasteiger partial charge in [-0.15, -0.1) is 0 Å². The molecule has 0 spiro atoms. The number of rotatable bonds is 5. The van der Waals surface area contributed by atoms with Crippen LogP contribution < -0.4 is 5.32 Å². The van der Waals surface area contributed by atoms with E-state index in [9.17, 15) is 0 Å². The van der Waals surface area contributed by atoms with Crippen molar-refractivity contribution < 1.29 is 0 Å². The summed E-state index contributed by atoms with van der Waals surface area (Å²) >= 11 is 0. The van der Waals surface area contributed by atoms with E-state index < -0.39 is 0 Å². The number of hydrogen-bond acceptors (Lipinski definition) is 3. The van der Waals surface area contributed by atoms with Crippen LogP contribution in [-0.2, 0) is 13.1 Å². The highest BCUT2D eigenvalue weighted by Gasteiger charge is 2.02. The van der Waals surface area contributed by atoms with Crippen molar-refractivity contribution in [3.63, 3.8) is 0 Å². The Morgan fingerprint density at radius 2 is 2.31 bits per heavy atom. The van der Waals surface area contributed by atoms with Gasteiger partial charge >= 0.3 is 0 Å². The van der Waals surface area contributed by atoms with Crippen LogP contribution in [0, 0.1) is 0 Å². The van der Waals surface area contributed by atoms with E-state index in [1.165, 1.54) is 5.69 Å². The van der Waals surface area contributed by atoms with E-state index in [2.05, 4.69) is 26.8 Å². The zero-order chi connectivity index (χ0) is 11.2. The third-order valence-electron chi connectivity index (χ3n) is 2.41. The molecular formula is C12H16N4. The van der Waals surface area contributed by atoms with Crippen molar-refractivity contribution in [2.75, 3.05) is 6.54 Å². The van der Waals surface area contributed by atoms with Gasteiger partial charge in [-0.1, -0.05) is 13.0 Å². The van der Waals surface area contributed by atoms with Gasteiger partial charge in [-0.05, 0) is 18.7 Å². The van der Waals surface area contributed by atoms with Gasteiger partial charge in [0.1, 0.15) is 0 Å². The van der Waals surface area contributed by atoms with Crippen molar-refractivity contribution in [2.45, 2.75) is 20.0 Å². The lowest BCUT2D eigenvalue weighted by atomic mass is 10.3. The van der Waals surface area contributed by atoms with Crippen LogP contribution in [-0.4, -0.2) is 21.1 Å². The van der Waals surface area contributed by atoms with Gasteiger partial charge in [0.25, 0.3) is 0 Å². The fourth-order valence-electron chi connectivity index (χ4n) is 1.56. The van der Waals surface area contributed by atoms with E-state index in [-0.39, 0.29) is 0 Å². The summed E-state index contributed by atoms with van der Waals surface area (Å²) in [7, 11) is 0. The summed E-state index contributed by atoms with van der Waals surface area (Å²) in [5.41, 5.74) is 2.24. The van der Waals surface area contributed by atoms with Crippen molar-refractivity contribution in [1.29, 1.82) is 0 Å². The molecule has 0 aliphatic carbocycles. The highest BCUT2D eigenvalue weighted by molar-refractivity contribution is 5.07. The largest absolute Gasteiger partial charge is 0.327 e. The fraction of sp³-hybridized carbons (Fsp3) is 0.333. The molecule has 2 aromatic rings. The van der Waals surface area contributed by atoms with Crippen molar-refractivity contribution in [1.82, 2.24) is 19.9 Å². The van der Waals surface area contributed by atoms with Crippen LogP contribution in [0.15, 0.2) is 36.9 Å². The Labute approximate surface area is 95.4 Å². The Hall–Kier alpha value is -1.68. The number of imidazole rings is 1. The molecule has 0 aromatic carbocycles. The second-order valence-electron chi connectivity index (χ2n) is 3.61. The van der Waals surface area contributed by atoms with E-state index in [0.29, 0.717) is 0 Å². The number of aromatic nitrogens is 3. The van der Waals surface area contributed by atoms with E-state index in [1.54, 1.807) is 0 Å². The second-order valence-corrected chi connectivity index (χ2v) is 3.61. The van der Waals surface area contributed by atoms with Crippen LogP contribution in [0.1, 0.15) is 18.3 Å². The van der Waals surface area contributed by atoms with Crippen molar-refractivity contribution in [3.8, 4) is 0 Å². The van der Waals surface area contributed by atoms with Gasteiger partial charge < -0.3 is 9.88 Å². The Morgan fingerprint density at radius 1 is 1.38 bits per heavy atom. The molecule has 0 saturated heterocycles. The van der Waals surface area contributed by atoms with Crippen molar-refractivity contribution >= 4 is 0 Å². The molecule has 0 saturated carbocycles. The maximum absolute atomic E-state index is 4.31. The Bertz CT molecular complexity index is 422. The number of hydrogen-bond donors (Lipinski definition) is 1. The third-order valence-corrected chi connectivity index (χ3v) is 2.41. The maximum atomic E-state index is 4.31. The predicted octanol–water partition coefficient (Wildman–Crippen LogP) is 1.44. The van der Waals surface area contributed by atoms with Crippen LogP contribution in [0.4, 0.5) is 0 Å². The normalized spacial score (nSPS) is 10.6. The minimum absolute atomic E-state index is 0.779. The fourth-order valence-corrected chi connectivity index (χ4v) is 1.56. The Balaban J connectivity index is 2.07. The van der Waals surface area contributed by atoms with Crippen LogP contribution in [0.2, 0.25) is 0 Å². The molecule has 4 heteroatoms. The summed E-state index contributed by atoms with van der Waals surface area (Å²) in [5.74, 6) is 0. The molecule has 4 nitrogen and oxygen atoms in total. The summed E-state index contributed by atoms with van der Waals surface area (Å²) in [6.07, 6.45) is 5.56. The molecule has 0 amide bonds. The summed E-state index contributed by atoms with van der Waals surface area (Å²) < 4.78 is 2.12. The molecule has 2 rings (SSSR count). The smallest absolute Gasteiger partial charge is 0.0952 e. The molecule has 0 aliphatic rings. The molecule has 16 heavy (non-hydrogen) atoms. The summed E-state index contributed by atoms with van der Waals surface area (Å²) in [5, 5.41) is 3.30. The maximum Gasteiger partial charge on any atom is 0.0952 e. The molecular weight excluding hydrogens is 200 g/mol. The molecule has 2 aromatic heterocycles. The lowest BCUT2D eigenvalue weighted by Gasteiger charge is -2.07. The van der Waals surface area contributed by atoms with Crippen LogP contribution in [0.3, 0.4) is 0 Å². The third kappa shape index (κ3) is 2.67. The van der Waals surface area contributed by atoms with Crippen LogP contribution in [0.5, 0.6) is 0 Å². The highest BCUT2D eigenvalue weighted by atomic mass is 15.1. The second kappa shape index (κ2) is 5.42. The average molecular weight is 216 g/mol. The first-order valence-corrected chi connectivity index (χ1v) is 5.49. The van der Waals surface area contributed by atoms with Gasteiger partial charge in [0.05, 0.1) is 24.3 Å². The summed E-state index contributed by atoms with van der Waals surface area (Å²) in [4.78, 5) is 8.47. The molecule has 1 N–H and O–H groups in total. The Kier molecular flexibility index (Phi) is 3.66. The SMILES string of the molecule is CCNCc1cncn1Cc1ccccn1. The van der Waals surface area contributed by atoms with E-state index in [0.717, 1.165) is 25.3 Å². The first-order valence-electron chi connectivity index (χ1n) is 5.49. The zero-order valence-corrected chi connectivity index (χ0v) is 9.43. The average Bonchev–Trinajstić information content (AvgIpc) is 2.75. The lowest BCUT2D eigenvalue weighted by molar-refractivity contribution is 0.651. The van der Waals surface area contributed by atoms with Gasteiger partial charge in [-0.3, -0.25) is 4.98 Å². The molecule has 0 unspecified atom stereocenters. The first-order chi connectivity index (χ1) is 7.90. The van der Waals surface area contributed by atoms with Crippen molar-refractivity contribution in [2.24, 2.45) is 0 Å². The van der Waals surface area contributed by atoms with Gasteiger partial charge in [0.2, 0.25) is 0 Å². The number of nitrogens with zero attached hydrogens (tertiary/aromatic N) is 3. The topological polar surface area (TPSA) is 42.7 Å². The minimum Gasteiger partial charge on any atom is -0.327 e. The van der Waals surface area contributed by atoms with Gasteiger partial charge in [-0.25, -0.2) is 4.98 Å². The molecule has 84 valence electrons. The molecule has 0 aliphatic heterocycles. The monoisotopic (exact) mass is 216 g/mol. The van der Waals surface area contributed by atoms with Crippen LogP contribution in [0.25, 0.3) is 0 Å². The van der Waals surface area contributed by atoms with E-state index in [1.807, 2.05) is 36.9 Å². The number of nitrogens with one attached hydrogen (secondary N) is 1. The standard InChI is InChI=1S/C12H16N4/c1-2-13-7-12-8-14-10-16(12)9-11-5-3-4-6-15-11/h3-6,8,10,13H,2,7,9H2,1H3. The summed E-state index contributed by atoms with van der Waals surface area (Å²) in [6.45, 7) is 4.69. The quantitative estimate of drug-likeness (QED) is 0.822. The summed E-state index contributed by atoms with van der Waals surface area (Å²) in [6, 6.07) is 5.96. The minimum atomic E-state index is 0.779. The van der Waals surface area contributed by atoms with E-state index in [4.69, 9.17) is 0 Å². The molecule has 0 atom stereocenters. The van der Waals surface area contributed by atoms with Gasteiger partial charge in [0, 0.05) is 18.9 Å². The predicted molar refractivity (Wildman–Crippen MR) is 62.9 cm³/mol.